The molecule has 1 fully saturated rings. The predicted octanol–water partition coefficient (Wildman–Crippen LogP) is 3.13. The maximum Gasteiger partial charge on any atom is 0.258 e. The fraction of sp³-hybridized carbons (Fsp3) is 0.333. The molecular weight excluding hydrogens is 306 g/mol. The van der Waals surface area contributed by atoms with Gasteiger partial charge in [-0.15, -0.1) is 0 Å². The second-order valence-corrected chi connectivity index (χ2v) is 6.22. The third kappa shape index (κ3) is 3.65. The molecule has 4 N–H and O–H groups in total. The van der Waals surface area contributed by atoms with Crippen molar-refractivity contribution in [2.75, 3.05) is 10.6 Å². The van der Waals surface area contributed by atoms with Crippen molar-refractivity contribution in [3.63, 3.8) is 0 Å². The highest BCUT2D eigenvalue weighted by Gasteiger charge is 2.35. The number of carbonyl (C=O) groups excluding carboxylic acids is 2. The van der Waals surface area contributed by atoms with Gasteiger partial charge < -0.3 is 20.8 Å². The Balaban J connectivity index is 1.67. The van der Waals surface area contributed by atoms with E-state index in [0.29, 0.717) is 29.8 Å². The Labute approximate surface area is 140 Å². The first kappa shape index (κ1) is 16.3. The number of amides is 2. The molecule has 0 radical (unpaired) electrons. The van der Waals surface area contributed by atoms with Gasteiger partial charge >= 0.3 is 0 Å². The Morgan fingerprint density at radius 2 is 1.75 bits per heavy atom. The van der Waals surface area contributed by atoms with Crippen LogP contribution >= 0.6 is 0 Å². The number of rotatable bonds is 4. The summed E-state index contributed by atoms with van der Waals surface area (Å²) >= 11 is 0. The van der Waals surface area contributed by atoms with Crippen LogP contribution in [0.2, 0.25) is 0 Å². The highest BCUT2D eigenvalue weighted by atomic mass is 16.3. The van der Waals surface area contributed by atoms with Crippen LogP contribution in [0, 0.1) is 0 Å². The summed E-state index contributed by atoms with van der Waals surface area (Å²) in [4.78, 5) is 24.5. The number of nitrogens with one attached hydrogen (secondary N) is 2. The normalized spacial score (nSPS) is 16.4. The van der Waals surface area contributed by atoms with Gasteiger partial charge in [0.2, 0.25) is 5.91 Å². The van der Waals surface area contributed by atoms with Gasteiger partial charge in [-0.3, -0.25) is 9.59 Å². The molecule has 0 saturated heterocycles. The zero-order valence-electron chi connectivity index (χ0n) is 13.4. The predicted molar refractivity (Wildman–Crippen MR) is 91.7 cm³/mol. The van der Waals surface area contributed by atoms with Gasteiger partial charge in [0, 0.05) is 11.4 Å². The summed E-state index contributed by atoms with van der Waals surface area (Å²) in [7, 11) is 0. The Kier molecular flexibility index (Phi) is 4.66. The molecule has 2 aromatic rings. The van der Waals surface area contributed by atoms with E-state index in [4.69, 9.17) is 10.2 Å². The van der Waals surface area contributed by atoms with E-state index in [1.807, 2.05) is 0 Å². The van der Waals surface area contributed by atoms with Crippen molar-refractivity contribution < 1.29 is 14.0 Å². The van der Waals surface area contributed by atoms with Gasteiger partial charge in [-0.05, 0) is 37.1 Å². The molecule has 1 aromatic carbocycles. The van der Waals surface area contributed by atoms with Crippen LogP contribution in [0.25, 0.3) is 0 Å². The van der Waals surface area contributed by atoms with Gasteiger partial charge in [0.15, 0.2) is 0 Å². The number of hydrogen-bond acceptors (Lipinski definition) is 4. The van der Waals surface area contributed by atoms with Crippen molar-refractivity contribution in [1.29, 1.82) is 0 Å². The van der Waals surface area contributed by atoms with E-state index in [1.165, 1.54) is 12.5 Å². The number of carbonyl (C=O) groups is 2. The fourth-order valence-corrected chi connectivity index (χ4v) is 2.94. The summed E-state index contributed by atoms with van der Waals surface area (Å²) in [6.07, 6.45) is 7.31. The lowest BCUT2D eigenvalue weighted by Gasteiger charge is -2.31. The van der Waals surface area contributed by atoms with E-state index in [9.17, 15) is 9.59 Å². The molecule has 0 atom stereocenters. The highest BCUT2D eigenvalue weighted by molar-refractivity contribution is 6.04. The molecule has 0 aliphatic heterocycles. The number of furan rings is 1. The maximum absolute atomic E-state index is 12.5. The lowest BCUT2D eigenvalue weighted by molar-refractivity contribution is -0.122. The average molecular weight is 327 g/mol. The van der Waals surface area contributed by atoms with Crippen LogP contribution < -0.4 is 16.4 Å². The van der Waals surface area contributed by atoms with Crippen LogP contribution in [0.3, 0.4) is 0 Å². The quantitative estimate of drug-likeness (QED) is 0.803. The van der Waals surface area contributed by atoms with Crippen LogP contribution in [0.5, 0.6) is 0 Å². The average Bonchev–Trinajstić information content (AvgIpc) is 3.10. The molecule has 1 saturated carbocycles. The lowest BCUT2D eigenvalue weighted by Crippen LogP contribution is -2.52. The molecule has 6 nitrogen and oxygen atoms in total. The monoisotopic (exact) mass is 327 g/mol. The zero-order valence-corrected chi connectivity index (χ0v) is 13.4. The molecule has 6 heteroatoms. The molecule has 0 spiro atoms. The standard InChI is InChI=1S/C18H21N3O3/c19-18(8-2-1-3-9-18)17(23)21-15-6-4-5-14(11-15)20-16(22)13-7-10-24-12-13/h4-7,10-12H,1-3,8-9,19H2,(H,20,22)(H,21,23). The number of hydrogen-bond donors (Lipinski definition) is 3. The molecule has 1 heterocycles. The Bertz CT molecular complexity index is 719. The molecule has 2 amide bonds. The van der Waals surface area contributed by atoms with Crippen molar-refractivity contribution in [3.05, 3.63) is 48.4 Å². The third-order valence-electron chi connectivity index (χ3n) is 4.36. The lowest BCUT2D eigenvalue weighted by atomic mass is 9.82. The van der Waals surface area contributed by atoms with Gasteiger partial charge in [-0.25, -0.2) is 0 Å². The van der Waals surface area contributed by atoms with E-state index in [2.05, 4.69) is 10.6 Å². The SMILES string of the molecule is NC1(C(=O)Nc2cccc(NC(=O)c3ccoc3)c2)CCCCC1. The molecule has 0 unspecified atom stereocenters. The highest BCUT2D eigenvalue weighted by Crippen LogP contribution is 2.27. The van der Waals surface area contributed by atoms with E-state index < -0.39 is 5.54 Å². The van der Waals surface area contributed by atoms with E-state index in [1.54, 1.807) is 30.3 Å². The van der Waals surface area contributed by atoms with E-state index in [0.717, 1.165) is 19.3 Å². The second-order valence-electron chi connectivity index (χ2n) is 6.22. The largest absolute Gasteiger partial charge is 0.472 e. The summed E-state index contributed by atoms with van der Waals surface area (Å²) in [6, 6.07) is 8.60. The first-order chi connectivity index (χ1) is 11.6. The van der Waals surface area contributed by atoms with Gasteiger partial charge in [-0.2, -0.15) is 0 Å². The van der Waals surface area contributed by atoms with Gasteiger partial charge in [0.25, 0.3) is 5.91 Å². The maximum atomic E-state index is 12.5. The molecule has 126 valence electrons. The van der Waals surface area contributed by atoms with Crippen LogP contribution in [0.15, 0.2) is 47.3 Å². The minimum absolute atomic E-state index is 0.166. The van der Waals surface area contributed by atoms with Gasteiger partial charge in [0.1, 0.15) is 6.26 Å². The molecule has 1 aliphatic rings. The summed E-state index contributed by atoms with van der Waals surface area (Å²) in [5.41, 5.74) is 7.08. The van der Waals surface area contributed by atoms with Gasteiger partial charge in [-0.1, -0.05) is 25.3 Å². The minimum atomic E-state index is -0.797. The minimum Gasteiger partial charge on any atom is -0.472 e. The van der Waals surface area contributed by atoms with E-state index >= 15 is 0 Å². The molecule has 24 heavy (non-hydrogen) atoms. The summed E-state index contributed by atoms with van der Waals surface area (Å²) in [5, 5.41) is 5.63. The van der Waals surface area contributed by atoms with E-state index in [-0.39, 0.29) is 11.8 Å². The third-order valence-corrected chi connectivity index (χ3v) is 4.36. The number of anilines is 2. The Hall–Kier alpha value is -2.60. The van der Waals surface area contributed by atoms with Crippen molar-refractivity contribution in [2.45, 2.75) is 37.6 Å². The fourth-order valence-electron chi connectivity index (χ4n) is 2.94. The number of nitrogens with two attached hydrogens (primary N) is 1. The summed E-state index contributed by atoms with van der Waals surface area (Å²) in [5.74, 6) is -0.435. The van der Waals surface area contributed by atoms with Crippen LogP contribution in [0.4, 0.5) is 11.4 Å². The van der Waals surface area contributed by atoms with Crippen molar-refractivity contribution in [3.8, 4) is 0 Å². The summed E-state index contributed by atoms with van der Waals surface area (Å²) in [6.45, 7) is 0. The van der Waals surface area contributed by atoms with Crippen LogP contribution in [-0.4, -0.2) is 17.4 Å². The molecule has 0 bridgehead atoms. The van der Waals surface area contributed by atoms with Crippen molar-refractivity contribution in [1.82, 2.24) is 0 Å². The summed E-state index contributed by atoms with van der Waals surface area (Å²) < 4.78 is 4.90. The Morgan fingerprint density at radius 3 is 2.42 bits per heavy atom. The van der Waals surface area contributed by atoms with Crippen molar-refractivity contribution >= 4 is 23.2 Å². The first-order valence-electron chi connectivity index (χ1n) is 8.11. The Morgan fingerprint density at radius 1 is 1.04 bits per heavy atom. The molecular formula is C18H21N3O3. The van der Waals surface area contributed by atoms with Crippen LogP contribution in [-0.2, 0) is 4.79 Å². The van der Waals surface area contributed by atoms with Crippen LogP contribution in [0.1, 0.15) is 42.5 Å². The second kappa shape index (κ2) is 6.88. The van der Waals surface area contributed by atoms with Crippen molar-refractivity contribution in [2.24, 2.45) is 5.73 Å². The molecule has 3 rings (SSSR count). The molecule has 1 aliphatic carbocycles. The van der Waals surface area contributed by atoms with Gasteiger partial charge in [0.05, 0.1) is 17.4 Å². The zero-order chi connectivity index (χ0) is 17.0. The topological polar surface area (TPSA) is 97.4 Å². The smallest absolute Gasteiger partial charge is 0.258 e. The number of benzene rings is 1. The first-order valence-corrected chi connectivity index (χ1v) is 8.11. The molecule has 1 aromatic heterocycles.